The molecule has 0 spiro atoms. The van der Waals surface area contributed by atoms with Crippen molar-refractivity contribution in [1.82, 2.24) is 4.98 Å². The van der Waals surface area contributed by atoms with E-state index in [9.17, 15) is 0 Å². The van der Waals surface area contributed by atoms with Crippen LogP contribution in [-0.2, 0) is 0 Å². The zero-order valence-electron chi connectivity index (χ0n) is 9.15. The molecule has 1 rings (SSSR count). The van der Waals surface area contributed by atoms with Crippen LogP contribution in [0.15, 0.2) is 23.5 Å². The van der Waals surface area contributed by atoms with Gasteiger partial charge in [-0.25, -0.2) is 4.98 Å². The first-order valence-electron chi connectivity index (χ1n) is 4.68. The predicted molar refractivity (Wildman–Crippen MR) is 63.8 cm³/mol. The molecule has 0 aromatic carbocycles. The monoisotopic (exact) mass is 218 g/mol. The molecule has 1 aromatic heterocycles. The molecule has 0 bridgehead atoms. The molecule has 0 fully saturated rings. The third kappa shape index (κ3) is 3.96. The maximum atomic E-state index is 8.47. The van der Waals surface area contributed by atoms with Crippen LogP contribution in [0.25, 0.3) is 0 Å². The molecule has 0 atom stereocenters. The molecule has 0 amide bonds. The first-order valence-corrected chi connectivity index (χ1v) is 8.18. The summed E-state index contributed by atoms with van der Waals surface area (Å²) in [7, 11) is -1.39. The molecule has 3 nitrogen and oxygen atoms in total. The van der Waals surface area contributed by atoms with Gasteiger partial charge in [0.05, 0.1) is 6.21 Å². The third-order valence-corrected chi connectivity index (χ3v) is 2.47. The van der Waals surface area contributed by atoms with Gasteiger partial charge in [0.1, 0.15) is 13.8 Å². The van der Waals surface area contributed by atoms with Gasteiger partial charge in [-0.3, -0.25) is 0 Å². The van der Waals surface area contributed by atoms with Crippen molar-refractivity contribution in [3.8, 4) is 11.5 Å². The summed E-state index contributed by atoms with van der Waals surface area (Å²) >= 11 is 0. The van der Waals surface area contributed by atoms with Gasteiger partial charge in [0.2, 0.25) is 0 Å². The van der Waals surface area contributed by atoms with Gasteiger partial charge >= 0.3 is 0 Å². The van der Waals surface area contributed by atoms with Crippen molar-refractivity contribution in [3.63, 3.8) is 0 Å². The number of hydrogen-bond donors (Lipinski definition) is 1. The molecule has 4 heteroatoms. The number of pyridine rings is 1. The molecule has 0 saturated carbocycles. The lowest BCUT2D eigenvalue weighted by molar-refractivity contribution is 0.322. The summed E-state index contributed by atoms with van der Waals surface area (Å²) in [5.41, 5.74) is 4.63. The first-order chi connectivity index (χ1) is 7.03. The highest BCUT2D eigenvalue weighted by Crippen LogP contribution is 2.02. The highest BCUT2D eigenvalue weighted by atomic mass is 28.3. The topological polar surface area (TPSA) is 45.5 Å². The van der Waals surface area contributed by atoms with Gasteiger partial charge in [-0.1, -0.05) is 30.7 Å². The summed E-state index contributed by atoms with van der Waals surface area (Å²) in [5, 5.41) is 11.5. The third-order valence-electron chi connectivity index (χ3n) is 1.59. The van der Waals surface area contributed by atoms with E-state index in [0.717, 1.165) is 5.56 Å². The lowest BCUT2D eigenvalue weighted by Gasteiger charge is -2.03. The fourth-order valence-corrected chi connectivity index (χ4v) is 1.43. The lowest BCUT2D eigenvalue weighted by atomic mass is 10.2. The van der Waals surface area contributed by atoms with E-state index in [1.807, 2.05) is 6.07 Å². The van der Waals surface area contributed by atoms with Crippen molar-refractivity contribution in [2.24, 2.45) is 5.16 Å². The van der Waals surface area contributed by atoms with E-state index in [4.69, 9.17) is 5.21 Å². The van der Waals surface area contributed by atoms with Crippen molar-refractivity contribution in [3.05, 3.63) is 29.6 Å². The quantitative estimate of drug-likeness (QED) is 0.258. The number of aromatic nitrogens is 1. The van der Waals surface area contributed by atoms with Crippen molar-refractivity contribution in [2.75, 3.05) is 0 Å². The lowest BCUT2D eigenvalue weighted by Crippen LogP contribution is -2.16. The van der Waals surface area contributed by atoms with E-state index in [0.29, 0.717) is 5.69 Å². The van der Waals surface area contributed by atoms with Gasteiger partial charge in [0.25, 0.3) is 0 Å². The molecule has 1 heterocycles. The SMILES string of the molecule is C[Si](C)(C)C#Cc1ncccc1/C=N/O. The second-order valence-electron chi connectivity index (χ2n) is 4.19. The highest BCUT2D eigenvalue weighted by Gasteiger charge is 2.08. The minimum atomic E-state index is -1.39. The molecule has 1 aromatic rings. The van der Waals surface area contributed by atoms with E-state index < -0.39 is 8.07 Å². The van der Waals surface area contributed by atoms with Crippen LogP contribution in [0.2, 0.25) is 19.6 Å². The van der Waals surface area contributed by atoms with E-state index in [1.54, 1.807) is 12.3 Å². The Bertz CT molecular complexity index is 424. The molecule has 0 unspecified atom stereocenters. The molecule has 15 heavy (non-hydrogen) atoms. The fourth-order valence-electron chi connectivity index (χ4n) is 0.935. The molecule has 0 radical (unpaired) electrons. The van der Waals surface area contributed by atoms with Crippen LogP contribution in [0.5, 0.6) is 0 Å². The zero-order valence-corrected chi connectivity index (χ0v) is 10.2. The van der Waals surface area contributed by atoms with Crippen LogP contribution in [0.3, 0.4) is 0 Å². The number of hydrogen-bond acceptors (Lipinski definition) is 3. The van der Waals surface area contributed by atoms with Crippen LogP contribution < -0.4 is 0 Å². The van der Waals surface area contributed by atoms with Crippen molar-refractivity contribution in [2.45, 2.75) is 19.6 Å². The Kier molecular flexibility index (Phi) is 3.64. The molecule has 0 saturated heterocycles. The number of oxime groups is 1. The average Bonchev–Trinajstić information content (AvgIpc) is 2.16. The van der Waals surface area contributed by atoms with E-state index in [1.165, 1.54) is 6.21 Å². The Balaban J connectivity index is 3.08. The van der Waals surface area contributed by atoms with Gasteiger partial charge in [-0.2, -0.15) is 0 Å². The Labute approximate surface area is 90.9 Å². The Morgan fingerprint density at radius 2 is 2.20 bits per heavy atom. The maximum Gasteiger partial charge on any atom is 0.129 e. The largest absolute Gasteiger partial charge is 0.411 e. The first kappa shape index (κ1) is 11.5. The van der Waals surface area contributed by atoms with Crippen LogP contribution in [-0.4, -0.2) is 24.5 Å². The summed E-state index contributed by atoms with van der Waals surface area (Å²) in [4.78, 5) is 4.15. The van der Waals surface area contributed by atoms with Crippen molar-refractivity contribution >= 4 is 14.3 Å². The maximum absolute atomic E-state index is 8.47. The molecule has 0 aliphatic rings. The molecule has 1 N–H and O–H groups in total. The van der Waals surface area contributed by atoms with E-state index >= 15 is 0 Å². The summed E-state index contributed by atoms with van der Waals surface area (Å²) in [5.74, 6) is 3.04. The normalized spacial score (nSPS) is 11.1. The standard InChI is InChI=1S/C11H14N2OSi/c1-15(2,3)8-6-11-10(9-13-14)5-4-7-12-11/h4-5,7,9,14H,1-3H3/b13-9+. The number of rotatable bonds is 1. The van der Waals surface area contributed by atoms with Gasteiger partial charge in [-0.05, 0) is 12.1 Å². The molecule has 0 aliphatic carbocycles. The van der Waals surface area contributed by atoms with Gasteiger partial charge < -0.3 is 5.21 Å². The zero-order chi connectivity index (χ0) is 11.3. The highest BCUT2D eigenvalue weighted by molar-refractivity contribution is 6.83. The van der Waals surface area contributed by atoms with E-state index in [2.05, 4.69) is 41.2 Å². The minimum absolute atomic E-state index is 0.665. The Hall–Kier alpha value is -1.60. The minimum Gasteiger partial charge on any atom is -0.411 e. The van der Waals surface area contributed by atoms with Gasteiger partial charge in [-0.15, -0.1) is 5.54 Å². The second-order valence-corrected chi connectivity index (χ2v) is 8.94. The summed E-state index contributed by atoms with van der Waals surface area (Å²) in [6, 6.07) is 3.61. The van der Waals surface area contributed by atoms with Crippen LogP contribution in [0, 0.1) is 11.5 Å². The summed E-state index contributed by atoms with van der Waals surface area (Å²) in [6.07, 6.45) is 3.03. The number of nitrogens with zero attached hydrogens (tertiary/aromatic N) is 2. The average molecular weight is 218 g/mol. The summed E-state index contributed by atoms with van der Waals surface area (Å²) < 4.78 is 0. The molecular weight excluding hydrogens is 204 g/mol. The van der Waals surface area contributed by atoms with Crippen LogP contribution in [0.1, 0.15) is 11.3 Å². The van der Waals surface area contributed by atoms with Gasteiger partial charge in [0, 0.05) is 11.8 Å². The van der Waals surface area contributed by atoms with E-state index in [-0.39, 0.29) is 0 Å². The summed E-state index contributed by atoms with van der Waals surface area (Å²) in [6.45, 7) is 6.51. The van der Waals surface area contributed by atoms with Gasteiger partial charge in [0.15, 0.2) is 0 Å². The van der Waals surface area contributed by atoms with Crippen LogP contribution >= 0.6 is 0 Å². The molecule has 0 aliphatic heterocycles. The molecular formula is C11H14N2OSi. The Morgan fingerprint density at radius 1 is 1.47 bits per heavy atom. The second kappa shape index (κ2) is 4.76. The van der Waals surface area contributed by atoms with Crippen LogP contribution in [0.4, 0.5) is 0 Å². The molecule has 78 valence electrons. The Morgan fingerprint density at radius 3 is 2.80 bits per heavy atom. The smallest absolute Gasteiger partial charge is 0.129 e. The van der Waals surface area contributed by atoms with Crippen molar-refractivity contribution in [1.29, 1.82) is 0 Å². The van der Waals surface area contributed by atoms with Crippen molar-refractivity contribution < 1.29 is 5.21 Å². The predicted octanol–water partition coefficient (Wildman–Crippen LogP) is 2.12. The fraction of sp³-hybridized carbons (Fsp3) is 0.273.